The Kier molecular flexibility index (Phi) is 7.49. The van der Waals surface area contributed by atoms with Gasteiger partial charge < -0.3 is 15.5 Å². The Morgan fingerprint density at radius 3 is 2.31 bits per heavy atom. The summed E-state index contributed by atoms with van der Waals surface area (Å²) in [6.07, 6.45) is 0. The lowest BCUT2D eigenvalue weighted by Gasteiger charge is -2.39. The van der Waals surface area contributed by atoms with E-state index in [-0.39, 0.29) is 24.4 Å². The maximum Gasteiger partial charge on any atom is 0.253 e. The zero-order chi connectivity index (χ0) is 20.6. The summed E-state index contributed by atoms with van der Waals surface area (Å²) in [5.74, 6) is -0.559. The van der Waals surface area contributed by atoms with Gasteiger partial charge >= 0.3 is 0 Å². The van der Waals surface area contributed by atoms with Crippen LogP contribution in [0.1, 0.15) is 17.3 Å². The van der Waals surface area contributed by atoms with Gasteiger partial charge in [0.2, 0.25) is 5.91 Å². The maximum absolute atomic E-state index is 12.1. The first kappa shape index (κ1) is 21.1. The molecule has 154 valence electrons. The Morgan fingerprint density at radius 1 is 0.966 bits per heavy atom. The Morgan fingerprint density at radius 2 is 1.62 bits per heavy atom. The molecule has 1 fully saturated rings. The molecule has 2 N–H and O–H groups in total. The number of anilines is 1. The van der Waals surface area contributed by atoms with E-state index in [0.29, 0.717) is 17.1 Å². The number of hydrogen-bond donors (Lipinski definition) is 2. The molecule has 0 aliphatic carbocycles. The van der Waals surface area contributed by atoms with Gasteiger partial charge in [-0.3, -0.25) is 14.5 Å². The predicted molar refractivity (Wildman–Crippen MR) is 116 cm³/mol. The molecule has 0 bridgehead atoms. The summed E-state index contributed by atoms with van der Waals surface area (Å²) in [5, 5.41) is 5.88. The fourth-order valence-electron chi connectivity index (χ4n) is 3.41. The van der Waals surface area contributed by atoms with E-state index >= 15 is 0 Å². The molecule has 1 saturated heterocycles. The van der Waals surface area contributed by atoms with Crippen LogP contribution in [-0.2, 0) is 4.79 Å². The molecule has 2 amide bonds. The van der Waals surface area contributed by atoms with Crippen LogP contribution in [0.2, 0.25) is 5.02 Å². The summed E-state index contributed by atoms with van der Waals surface area (Å²) in [6, 6.07) is 17.4. The van der Waals surface area contributed by atoms with Gasteiger partial charge in [0, 0.05) is 44.5 Å². The molecule has 2 aromatic rings. The highest BCUT2D eigenvalue weighted by atomic mass is 35.5. The molecule has 7 heteroatoms. The van der Waals surface area contributed by atoms with Crippen LogP contribution < -0.4 is 15.5 Å². The van der Waals surface area contributed by atoms with Crippen molar-refractivity contribution < 1.29 is 9.59 Å². The smallest absolute Gasteiger partial charge is 0.253 e. The monoisotopic (exact) mass is 414 g/mol. The second-order valence-electron chi connectivity index (χ2n) is 7.17. The van der Waals surface area contributed by atoms with E-state index in [1.54, 1.807) is 24.3 Å². The third-order valence-electron chi connectivity index (χ3n) is 5.18. The molecule has 29 heavy (non-hydrogen) atoms. The van der Waals surface area contributed by atoms with Crippen molar-refractivity contribution in [3.8, 4) is 0 Å². The van der Waals surface area contributed by atoms with Gasteiger partial charge in [0.25, 0.3) is 5.91 Å². The van der Waals surface area contributed by atoms with E-state index in [4.69, 9.17) is 11.6 Å². The van der Waals surface area contributed by atoms with Crippen LogP contribution in [0, 0.1) is 0 Å². The average molecular weight is 415 g/mol. The Hall–Kier alpha value is -2.57. The predicted octanol–water partition coefficient (Wildman–Crippen LogP) is 2.40. The van der Waals surface area contributed by atoms with Crippen LogP contribution in [0.3, 0.4) is 0 Å². The number of nitrogens with one attached hydrogen (secondary N) is 2. The van der Waals surface area contributed by atoms with Crippen molar-refractivity contribution in [2.24, 2.45) is 0 Å². The van der Waals surface area contributed by atoms with E-state index in [0.717, 1.165) is 26.2 Å². The molecule has 1 atom stereocenters. The summed E-state index contributed by atoms with van der Waals surface area (Å²) in [7, 11) is 0. The molecular formula is C22H27ClN4O2. The summed E-state index contributed by atoms with van der Waals surface area (Å²) in [6.45, 7) is 6.43. The molecule has 0 aromatic heterocycles. The average Bonchev–Trinajstić information content (AvgIpc) is 2.77. The maximum atomic E-state index is 12.1. The lowest BCUT2D eigenvalue weighted by atomic mass is 10.2. The van der Waals surface area contributed by atoms with Crippen molar-refractivity contribution >= 4 is 29.1 Å². The van der Waals surface area contributed by atoms with Crippen LogP contribution >= 0.6 is 11.6 Å². The van der Waals surface area contributed by atoms with Crippen molar-refractivity contribution in [3.05, 3.63) is 65.2 Å². The zero-order valence-electron chi connectivity index (χ0n) is 16.6. The first-order chi connectivity index (χ1) is 14.0. The molecule has 1 unspecified atom stereocenters. The van der Waals surface area contributed by atoms with E-state index in [1.807, 2.05) is 6.07 Å². The first-order valence-electron chi connectivity index (χ1n) is 9.88. The van der Waals surface area contributed by atoms with E-state index in [1.165, 1.54) is 5.69 Å². The third-order valence-corrected chi connectivity index (χ3v) is 5.51. The summed E-state index contributed by atoms with van der Waals surface area (Å²) in [5.41, 5.74) is 1.62. The van der Waals surface area contributed by atoms with Crippen molar-refractivity contribution in [1.82, 2.24) is 15.5 Å². The number of carbonyl (C=O) groups is 2. The quantitative estimate of drug-likeness (QED) is 0.730. The van der Waals surface area contributed by atoms with E-state index in [2.05, 4.69) is 51.6 Å². The van der Waals surface area contributed by atoms with Crippen LogP contribution in [0.4, 0.5) is 5.69 Å². The van der Waals surface area contributed by atoms with E-state index < -0.39 is 0 Å². The lowest BCUT2D eigenvalue weighted by Crippen LogP contribution is -2.52. The SMILES string of the molecule is CC(CNC(=O)CNC(=O)c1ccccc1Cl)N1CCN(c2ccccc2)CC1. The first-order valence-corrected chi connectivity index (χ1v) is 10.3. The normalized spacial score (nSPS) is 15.6. The highest BCUT2D eigenvalue weighted by Gasteiger charge is 2.21. The van der Waals surface area contributed by atoms with Crippen LogP contribution in [0.5, 0.6) is 0 Å². The third kappa shape index (κ3) is 5.95. The number of rotatable bonds is 7. The Balaban J connectivity index is 1.37. The molecule has 1 heterocycles. The minimum atomic E-state index is -0.351. The van der Waals surface area contributed by atoms with E-state index in [9.17, 15) is 9.59 Å². The van der Waals surface area contributed by atoms with Gasteiger partial charge in [-0.05, 0) is 31.2 Å². The fourth-order valence-corrected chi connectivity index (χ4v) is 3.64. The molecule has 0 spiro atoms. The van der Waals surface area contributed by atoms with Crippen molar-refractivity contribution in [2.45, 2.75) is 13.0 Å². The van der Waals surface area contributed by atoms with Crippen molar-refractivity contribution in [2.75, 3.05) is 44.2 Å². The van der Waals surface area contributed by atoms with Crippen LogP contribution in [0.15, 0.2) is 54.6 Å². The Labute approximate surface area is 176 Å². The Bertz CT molecular complexity index is 823. The van der Waals surface area contributed by atoms with Gasteiger partial charge in [0.15, 0.2) is 0 Å². The number of benzene rings is 2. The van der Waals surface area contributed by atoms with Crippen LogP contribution in [-0.4, -0.2) is 62.0 Å². The fraction of sp³-hybridized carbons (Fsp3) is 0.364. The summed E-state index contributed by atoms with van der Waals surface area (Å²) in [4.78, 5) is 29.0. The van der Waals surface area contributed by atoms with Gasteiger partial charge in [0.1, 0.15) is 0 Å². The van der Waals surface area contributed by atoms with Gasteiger partial charge in [-0.1, -0.05) is 41.9 Å². The highest BCUT2D eigenvalue weighted by molar-refractivity contribution is 6.33. The van der Waals surface area contributed by atoms with Crippen molar-refractivity contribution in [1.29, 1.82) is 0 Å². The van der Waals surface area contributed by atoms with Gasteiger partial charge in [-0.25, -0.2) is 0 Å². The standard InChI is InChI=1S/C22H27ClN4O2/c1-17(26-11-13-27(14-12-26)18-7-3-2-4-8-18)15-24-21(28)16-25-22(29)19-9-5-6-10-20(19)23/h2-10,17H,11-16H2,1H3,(H,24,28)(H,25,29). The molecule has 1 aliphatic rings. The number of piperazine rings is 1. The largest absolute Gasteiger partial charge is 0.369 e. The summed E-state index contributed by atoms with van der Waals surface area (Å²) >= 11 is 6.00. The highest BCUT2D eigenvalue weighted by Crippen LogP contribution is 2.16. The molecule has 1 aliphatic heterocycles. The molecule has 0 saturated carbocycles. The minimum absolute atomic E-state index is 0.0709. The number of hydrogen-bond acceptors (Lipinski definition) is 4. The number of nitrogens with zero attached hydrogens (tertiary/aromatic N) is 2. The second kappa shape index (κ2) is 10.3. The van der Waals surface area contributed by atoms with Crippen molar-refractivity contribution in [3.63, 3.8) is 0 Å². The molecule has 2 aromatic carbocycles. The lowest BCUT2D eigenvalue weighted by molar-refractivity contribution is -0.120. The zero-order valence-corrected chi connectivity index (χ0v) is 17.4. The molecular weight excluding hydrogens is 388 g/mol. The van der Waals surface area contributed by atoms with Crippen LogP contribution in [0.25, 0.3) is 0 Å². The van der Waals surface area contributed by atoms with Gasteiger partial charge in [0.05, 0.1) is 17.1 Å². The second-order valence-corrected chi connectivity index (χ2v) is 7.58. The van der Waals surface area contributed by atoms with Gasteiger partial charge in [-0.2, -0.15) is 0 Å². The number of amides is 2. The summed E-state index contributed by atoms with van der Waals surface area (Å²) < 4.78 is 0. The molecule has 6 nitrogen and oxygen atoms in total. The van der Waals surface area contributed by atoms with Gasteiger partial charge in [-0.15, -0.1) is 0 Å². The minimum Gasteiger partial charge on any atom is -0.369 e. The topological polar surface area (TPSA) is 64.7 Å². The number of carbonyl (C=O) groups excluding carboxylic acids is 2. The number of para-hydroxylation sites is 1. The number of halogens is 1. The molecule has 3 rings (SSSR count). The molecule has 0 radical (unpaired) electrons.